The van der Waals surface area contributed by atoms with Gasteiger partial charge < -0.3 is 4.90 Å². The van der Waals surface area contributed by atoms with Crippen LogP contribution >= 0.6 is 11.5 Å². The smallest absolute Gasteiger partial charge is 0.268 e. The molecule has 0 bridgehead atoms. The molecule has 0 fully saturated rings. The van der Waals surface area contributed by atoms with Crippen molar-refractivity contribution in [2.75, 3.05) is 13.6 Å². The van der Waals surface area contributed by atoms with Crippen LogP contribution in [0.5, 0.6) is 0 Å². The zero-order valence-corrected chi connectivity index (χ0v) is 9.71. The Morgan fingerprint density at radius 2 is 2.33 bits per heavy atom. The van der Waals surface area contributed by atoms with Crippen LogP contribution in [0.4, 0.5) is 0 Å². The van der Waals surface area contributed by atoms with E-state index in [1.807, 2.05) is 19.9 Å². The van der Waals surface area contributed by atoms with Crippen LogP contribution in [0.15, 0.2) is 0 Å². The number of carbonyl (C=O) groups is 1. The zero-order chi connectivity index (χ0) is 11.4. The molecule has 1 aromatic rings. The maximum Gasteiger partial charge on any atom is 0.268 e. The first-order chi connectivity index (χ1) is 7.07. The van der Waals surface area contributed by atoms with Crippen molar-refractivity contribution in [3.63, 3.8) is 0 Å². The number of nitriles is 1. The Bertz CT molecular complexity index is 393. The minimum atomic E-state index is -0.185. The summed E-state index contributed by atoms with van der Waals surface area (Å²) in [7, 11) is 1.59. The van der Waals surface area contributed by atoms with Gasteiger partial charge >= 0.3 is 0 Å². The summed E-state index contributed by atoms with van der Waals surface area (Å²) in [5.41, 5.74) is 0.704. The average molecular weight is 224 g/mol. The molecular formula is C9H12N4OS. The summed E-state index contributed by atoms with van der Waals surface area (Å²) in [5, 5.41) is 12.4. The van der Waals surface area contributed by atoms with Gasteiger partial charge in [-0.05, 0) is 17.5 Å². The van der Waals surface area contributed by atoms with Gasteiger partial charge in [0.1, 0.15) is 11.4 Å². The van der Waals surface area contributed by atoms with Gasteiger partial charge in [-0.1, -0.05) is 18.3 Å². The summed E-state index contributed by atoms with van der Waals surface area (Å²) in [4.78, 5) is 13.7. The third-order valence-electron chi connectivity index (χ3n) is 1.91. The highest BCUT2D eigenvalue weighted by Crippen LogP contribution is 2.20. The van der Waals surface area contributed by atoms with E-state index >= 15 is 0 Å². The third kappa shape index (κ3) is 2.50. The minimum absolute atomic E-state index is 0.0776. The van der Waals surface area contributed by atoms with Crippen molar-refractivity contribution in [1.29, 1.82) is 5.26 Å². The molecule has 0 aliphatic rings. The molecule has 0 saturated carbocycles. The first kappa shape index (κ1) is 11.6. The first-order valence-electron chi connectivity index (χ1n) is 4.52. The van der Waals surface area contributed by atoms with Crippen molar-refractivity contribution in [3.05, 3.63) is 10.6 Å². The fraction of sp³-hybridized carbons (Fsp3) is 0.556. The molecule has 0 N–H and O–H groups in total. The predicted octanol–water partition coefficient (Wildman–Crippen LogP) is 1.26. The van der Waals surface area contributed by atoms with E-state index in [2.05, 4.69) is 9.59 Å². The lowest BCUT2D eigenvalue weighted by molar-refractivity contribution is 0.0815. The molecule has 6 heteroatoms. The fourth-order valence-corrected chi connectivity index (χ4v) is 1.89. The van der Waals surface area contributed by atoms with Gasteiger partial charge in [0.25, 0.3) is 5.91 Å². The second-order valence-corrected chi connectivity index (χ2v) is 4.22. The largest absolute Gasteiger partial charge is 0.328 e. The average Bonchev–Trinajstić information content (AvgIpc) is 2.65. The summed E-state index contributed by atoms with van der Waals surface area (Å²) in [6.45, 7) is 3.99. The van der Waals surface area contributed by atoms with Crippen molar-refractivity contribution in [3.8, 4) is 6.07 Å². The summed E-state index contributed by atoms with van der Waals surface area (Å²) in [5.74, 6) is -0.0200. The molecule has 1 rings (SSSR count). The van der Waals surface area contributed by atoms with Crippen molar-refractivity contribution < 1.29 is 4.79 Å². The molecule has 0 atom stereocenters. The van der Waals surface area contributed by atoms with Gasteiger partial charge in [0, 0.05) is 7.05 Å². The lowest BCUT2D eigenvalue weighted by Gasteiger charge is -2.12. The van der Waals surface area contributed by atoms with Gasteiger partial charge in [0.2, 0.25) is 0 Å². The summed E-state index contributed by atoms with van der Waals surface area (Å²) in [6, 6.07) is 1.93. The predicted molar refractivity (Wildman–Crippen MR) is 56.6 cm³/mol. The normalized spacial score (nSPS) is 10.1. The molecular weight excluding hydrogens is 212 g/mol. The van der Waals surface area contributed by atoms with Crippen LogP contribution < -0.4 is 0 Å². The lowest BCUT2D eigenvalue weighted by atomic mass is 10.1. The maximum atomic E-state index is 11.8. The SMILES string of the molecule is CC(C)c1nnsc1C(=O)N(C)CC#N. The van der Waals surface area contributed by atoms with E-state index in [1.165, 1.54) is 4.90 Å². The second kappa shape index (κ2) is 4.84. The Morgan fingerprint density at radius 1 is 1.67 bits per heavy atom. The molecule has 0 aliphatic carbocycles. The number of hydrogen-bond acceptors (Lipinski definition) is 5. The Balaban J connectivity index is 2.92. The quantitative estimate of drug-likeness (QED) is 0.725. The highest BCUT2D eigenvalue weighted by Gasteiger charge is 2.21. The number of rotatable bonds is 3. The van der Waals surface area contributed by atoms with Crippen LogP contribution in [0.3, 0.4) is 0 Å². The fourth-order valence-electron chi connectivity index (χ4n) is 1.07. The molecule has 1 heterocycles. The van der Waals surface area contributed by atoms with Crippen LogP contribution in [0, 0.1) is 11.3 Å². The Kier molecular flexibility index (Phi) is 3.74. The van der Waals surface area contributed by atoms with Gasteiger partial charge in [-0.25, -0.2) is 0 Å². The summed E-state index contributed by atoms with van der Waals surface area (Å²) >= 11 is 1.08. The van der Waals surface area contributed by atoms with E-state index in [1.54, 1.807) is 7.05 Å². The summed E-state index contributed by atoms with van der Waals surface area (Å²) < 4.78 is 3.77. The molecule has 0 aromatic carbocycles. The Labute approximate surface area is 92.5 Å². The number of aromatic nitrogens is 2. The Morgan fingerprint density at radius 3 is 2.87 bits per heavy atom. The highest BCUT2D eigenvalue weighted by molar-refractivity contribution is 7.08. The van der Waals surface area contributed by atoms with Crippen molar-refractivity contribution >= 4 is 17.4 Å². The van der Waals surface area contributed by atoms with E-state index in [9.17, 15) is 4.79 Å². The van der Waals surface area contributed by atoms with E-state index in [0.717, 1.165) is 11.5 Å². The highest BCUT2D eigenvalue weighted by atomic mass is 32.1. The molecule has 0 radical (unpaired) electrons. The first-order valence-corrected chi connectivity index (χ1v) is 5.30. The van der Waals surface area contributed by atoms with Crippen molar-refractivity contribution in [1.82, 2.24) is 14.5 Å². The molecule has 0 unspecified atom stereocenters. The van der Waals surface area contributed by atoms with E-state index in [-0.39, 0.29) is 18.4 Å². The van der Waals surface area contributed by atoms with Gasteiger partial charge in [0.05, 0.1) is 11.8 Å². The van der Waals surface area contributed by atoms with Gasteiger partial charge in [-0.15, -0.1) is 5.10 Å². The van der Waals surface area contributed by atoms with Crippen LogP contribution in [0.1, 0.15) is 35.1 Å². The van der Waals surface area contributed by atoms with E-state index in [4.69, 9.17) is 5.26 Å². The molecule has 0 aliphatic heterocycles. The van der Waals surface area contributed by atoms with Gasteiger partial charge in [-0.2, -0.15) is 5.26 Å². The molecule has 80 valence electrons. The zero-order valence-electron chi connectivity index (χ0n) is 8.89. The number of carbonyl (C=O) groups excluding carboxylic acids is 1. The van der Waals surface area contributed by atoms with E-state index < -0.39 is 0 Å². The van der Waals surface area contributed by atoms with Crippen molar-refractivity contribution in [2.24, 2.45) is 0 Å². The maximum absolute atomic E-state index is 11.8. The number of amides is 1. The van der Waals surface area contributed by atoms with Gasteiger partial charge in [-0.3, -0.25) is 4.79 Å². The number of hydrogen-bond donors (Lipinski definition) is 0. The van der Waals surface area contributed by atoms with Crippen LogP contribution in [0.25, 0.3) is 0 Å². The monoisotopic (exact) mass is 224 g/mol. The standard InChI is InChI=1S/C9H12N4OS/c1-6(2)7-8(15-12-11-7)9(14)13(3)5-4-10/h6H,5H2,1-3H3. The third-order valence-corrected chi connectivity index (χ3v) is 2.64. The van der Waals surface area contributed by atoms with Crippen LogP contribution in [0.2, 0.25) is 0 Å². The molecule has 1 aromatic heterocycles. The second-order valence-electron chi connectivity index (χ2n) is 3.46. The van der Waals surface area contributed by atoms with Crippen molar-refractivity contribution in [2.45, 2.75) is 19.8 Å². The summed E-state index contributed by atoms with van der Waals surface area (Å²) in [6.07, 6.45) is 0. The molecule has 0 spiro atoms. The topological polar surface area (TPSA) is 69.9 Å². The minimum Gasteiger partial charge on any atom is -0.328 e. The Hall–Kier alpha value is -1.48. The van der Waals surface area contributed by atoms with Crippen LogP contribution in [-0.4, -0.2) is 34.0 Å². The lowest BCUT2D eigenvalue weighted by Crippen LogP contribution is -2.27. The molecule has 1 amide bonds. The van der Waals surface area contributed by atoms with E-state index in [0.29, 0.717) is 10.6 Å². The van der Waals surface area contributed by atoms with Gasteiger partial charge in [0.15, 0.2) is 0 Å². The molecule has 15 heavy (non-hydrogen) atoms. The molecule has 0 saturated heterocycles. The molecule has 5 nitrogen and oxygen atoms in total. The number of nitrogens with zero attached hydrogens (tertiary/aromatic N) is 4. The van der Waals surface area contributed by atoms with Crippen LogP contribution in [-0.2, 0) is 0 Å².